The highest BCUT2D eigenvalue weighted by atomic mass is 16.4. The summed E-state index contributed by atoms with van der Waals surface area (Å²) in [5, 5.41) is 9.04. The normalized spacial score (nSPS) is 24.3. The molecule has 0 aromatic heterocycles. The zero-order valence-corrected chi connectivity index (χ0v) is 12.4. The van der Waals surface area contributed by atoms with Gasteiger partial charge in [-0.05, 0) is 31.0 Å². The Morgan fingerprint density at radius 2 is 2.00 bits per heavy atom. The zero-order valence-electron chi connectivity index (χ0n) is 12.4. The largest absolute Gasteiger partial charge is 0.478 e. The Morgan fingerprint density at radius 1 is 1.27 bits per heavy atom. The van der Waals surface area contributed by atoms with Crippen LogP contribution in [-0.2, 0) is 4.79 Å². The number of carbonyl (C=O) groups excluding carboxylic acids is 2. The molecule has 2 aliphatic rings. The molecule has 0 bridgehead atoms. The van der Waals surface area contributed by atoms with E-state index < -0.39 is 5.97 Å². The summed E-state index contributed by atoms with van der Waals surface area (Å²) in [6.45, 7) is 1.16. The number of hydrogen-bond donors (Lipinski definition) is 1. The Balaban J connectivity index is 1.87. The van der Waals surface area contributed by atoms with Crippen molar-refractivity contribution in [3.8, 4) is 0 Å². The number of carboxylic acid groups (broad SMARTS) is 1. The van der Waals surface area contributed by atoms with Crippen LogP contribution in [0.25, 0.3) is 0 Å². The van der Waals surface area contributed by atoms with Gasteiger partial charge in [0.05, 0.1) is 17.5 Å². The third-order valence-electron chi connectivity index (χ3n) is 4.55. The van der Waals surface area contributed by atoms with E-state index in [9.17, 15) is 14.4 Å². The van der Waals surface area contributed by atoms with Gasteiger partial charge >= 0.3 is 5.97 Å². The quantitative estimate of drug-likeness (QED) is 0.886. The smallest absolute Gasteiger partial charge is 0.335 e. The summed E-state index contributed by atoms with van der Waals surface area (Å²) in [5.41, 5.74) is 0.460. The molecule has 2 amide bonds. The highest BCUT2D eigenvalue weighted by Gasteiger charge is 2.45. The minimum atomic E-state index is -1.05. The molecule has 1 aromatic rings. The van der Waals surface area contributed by atoms with Crippen LogP contribution in [-0.4, -0.2) is 58.9 Å². The molecular formula is C16H18N2O4. The second-order valence-electron chi connectivity index (χ2n) is 5.92. The number of nitrogens with zero attached hydrogens (tertiary/aromatic N) is 2. The molecule has 3 rings (SSSR count). The molecule has 2 heterocycles. The molecule has 0 radical (unpaired) electrons. The van der Waals surface area contributed by atoms with Crippen LogP contribution in [0.4, 0.5) is 0 Å². The summed E-state index contributed by atoms with van der Waals surface area (Å²) in [4.78, 5) is 39.3. The van der Waals surface area contributed by atoms with E-state index in [1.54, 1.807) is 29.0 Å². The van der Waals surface area contributed by atoms with E-state index in [4.69, 9.17) is 5.11 Å². The first-order valence-corrected chi connectivity index (χ1v) is 7.38. The molecule has 2 atom stereocenters. The highest BCUT2D eigenvalue weighted by Crippen LogP contribution is 2.31. The Morgan fingerprint density at radius 3 is 2.73 bits per heavy atom. The lowest BCUT2D eigenvalue weighted by Gasteiger charge is -2.36. The third kappa shape index (κ3) is 2.34. The lowest BCUT2D eigenvalue weighted by Crippen LogP contribution is -2.48. The lowest BCUT2D eigenvalue weighted by molar-refractivity contribution is -0.130. The highest BCUT2D eigenvalue weighted by molar-refractivity contribution is 5.98. The van der Waals surface area contributed by atoms with Crippen LogP contribution in [0, 0.1) is 5.92 Å². The second-order valence-corrected chi connectivity index (χ2v) is 5.92. The summed E-state index contributed by atoms with van der Waals surface area (Å²) in [6, 6.07) is 5.95. The molecule has 0 aliphatic carbocycles. The number of aromatic carboxylic acids is 1. The monoisotopic (exact) mass is 302 g/mol. The van der Waals surface area contributed by atoms with Gasteiger partial charge in [-0.3, -0.25) is 9.59 Å². The van der Waals surface area contributed by atoms with Gasteiger partial charge in [-0.1, -0.05) is 6.07 Å². The number of amides is 2. The molecule has 22 heavy (non-hydrogen) atoms. The van der Waals surface area contributed by atoms with Gasteiger partial charge in [-0.25, -0.2) is 4.79 Å². The van der Waals surface area contributed by atoms with Gasteiger partial charge < -0.3 is 14.9 Å². The fourth-order valence-electron chi connectivity index (χ4n) is 3.43. The topological polar surface area (TPSA) is 77.9 Å². The van der Waals surface area contributed by atoms with Crippen molar-refractivity contribution in [2.45, 2.75) is 18.9 Å². The van der Waals surface area contributed by atoms with E-state index in [-0.39, 0.29) is 29.3 Å². The predicted molar refractivity (Wildman–Crippen MR) is 78.6 cm³/mol. The maximum absolute atomic E-state index is 12.7. The Hall–Kier alpha value is -2.37. The predicted octanol–water partition coefficient (Wildman–Crippen LogP) is 1.08. The van der Waals surface area contributed by atoms with Crippen LogP contribution in [0.15, 0.2) is 24.3 Å². The van der Waals surface area contributed by atoms with Crippen molar-refractivity contribution in [2.75, 3.05) is 20.1 Å². The molecule has 2 fully saturated rings. The molecule has 2 aliphatic heterocycles. The first-order chi connectivity index (χ1) is 10.5. The van der Waals surface area contributed by atoms with Gasteiger partial charge in [-0.2, -0.15) is 0 Å². The number of rotatable bonds is 2. The maximum Gasteiger partial charge on any atom is 0.335 e. The van der Waals surface area contributed by atoms with Crippen LogP contribution >= 0.6 is 0 Å². The molecule has 1 aromatic carbocycles. The van der Waals surface area contributed by atoms with E-state index in [0.717, 1.165) is 12.8 Å². The van der Waals surface area contributed by atoms with Gasteiger partial charge in [0, 0.05) is 25.7 Å². The van der Waals surface area contributed by atoms with E-state index >= 15 is 0 Å². The molecule has 0 spiro atoms. The minimum absolute atomic E-state index is 0.0963. The minimum Gasteiger partial charge on any atom is -0.478 e. The summed E-state index contributed by atoms with van der Waals surface area (Å²) in [5.74, 6) is -1.27. The van der Waals surface area contributed by atoms with Crippen molar-refractivity contribution in [3.05, 3.63) is 35.4 Å². The van der Waals surface area contributed by atoms with Crippen molar-refractivity contribution in [2.24, 2.45) is 5.92 Å². The second kappa shape index (κ2) is 5.44. The maximum atomic E-state index is 12.7. The number of fused-ring (bicyclic) bond motifs is 1. The average molecular weight is 302 g/mol. The lowest BCUT2D eigenvalue weighted by atomic mass is 9.91. The molecule has 0 unspecified atom stereocenters. The fraction of sp³-hybridized carbons (Fsp3) is 0.438. The zero-order chi connectivity index (χ0) is 15.9. The van der Waals surface area contributed by atoms with Gasteiger partial charge in [0.1, 0.15) is 0 Å². The number of likely N-dealkylation sites (tertiary alicyclic amines) is 2. The molecule has 1 N–H and O–H groups in total. The van der Waals surface area contributed by atoms with Crippen molar-refractivity contribution >= 4 is 17.8 Å². The molecule has 0 saturated carbocycles. The number of carboxylic acids is 1. The Kier molecular flexibility index (Phi) is 3.60. The first kappa shape index (κ1) is 14.6. The van der Waals surface area contributed by atoms with Crippen LogP contribution < -0.4 is 0 Å². The molecule has 2 saturated heterocycles. The summed E-state index contributed by atoms with van der Waals surface area (Å²) in [6.07, 6.45) is 1.61. The van der Waals surface area contributed by atoms with E-state index in [1.165, 1.54) is 12.1 Å². The number of likely N-dealkylation sites (N-methyl/N-ethyl adjacent to an activating group) is 1. The molecule has 116 valence electrons. The summed E-state index contributed by atoms with van der Waals surface area (Å²) in [7, 11) is 1.76. The molecular weight excluding hydrogens is 284 g/mol. The van der Waals surface area contributed by atoms with Gasteiger partial charge in [0.25, 0.3) is 5.91 Å². The Bertz CT molecular complexity index is 643. The van der Waals surface area contributed by atoms with Gasteiger partial charge in [0.2, 0.25) is 5.91 Å². The number of carbonyl (C=O) groups is 3. The standard InChI is InChI=1S/C16H18N2O4/c1-17-9-13-12(15(17)20)6-3-7-18(13)14(19)10-4-2-5-11(8-10)16(21)22/h2,4-5,8,12-13H,3,6-7,9H2,1H3,(H,21,22)/t12-,13-/m1/s1. The summed E-state index contributed by atoms with van der Waals surface area (Å²) < 4.78 is 0. The number of hydrogen-bond acceptors (Lipinski definition) is 3. The van der Waals surface area contributed by atoms with Gasteiger partial charge in [-0.15, -0.1) is 0 Å². The van der Waals surface area contributed by atoms with Crippen molar-refractivity contribution < 1.29 is 19.5 Å². The van der Waals surface area contributed by atoms with Crippen LogP contribution in [0.1, 0.15) is 33.6 Å². The SMILES string of the molecule is CN1C[C@@H]2[C@@H](CCCN2C(=O)c2cccc(C(=O)O)c2)C1=O. The number of piperidine rings is 1. The molecule has 6 nitrogen and oxygen atoms in total. The summed E-state index contributed by atoms with van der Waals surface area (Å²) >= 11 is 0. The fourth-order valence-corrected chi connectivity index (χ4v) is 3.43. The van der Waals surface area contributed by atoms with Gasteiger partial charge in [0.15, 0.2) is 0 Å². The number of benzene rings is 1. The van der Waals surface area contributed by atoms with Crippen LogP contribution in [0.5, 0.6) is 0 Å². The van der Waals surface area contributed by atoms with Crippen molar-refractivity contribution in [3.63, 3.8) is 0 Å². The van der Waals surface area contributed by atoms with Crippen LogP contribution in [0.3, 0.4) is 0 Å². The van der Waals surface area contributed by atoms with E-state index in [0.29, 0.717) is 18.7 Å². The van der Waals surface area contributed by atoms with Crippen molar-refractivity contribution in [1.82, 2.24) is 9.80 Å². The van der Waals surface area contributed by atoms with E-state index in [1.807, 2.05) is 0 Å². The van der Waals surface area contributed by atoms with E-state index in [2.05, 4.69) is 0 Å². The average Bonchev–Trinajstić information content (AvgIpc) is 2.82. The third-order valence-corrected chi connectivity index (χ3v) is 4.55. The van der Waals surface area contributed by atoms with Crippen LogP contribution in [0.2, 0.25) is 0 Å². The van der Waals surface area contributed by atoms with Crippen molar-refractivity contribution in [1.29, 1.82) is 0 Å². The first-order valence-electron chi connectivity index (χ1n) is 7.38. The molecule has 6 heteroatoms. The Labute approximate surface area is 128 Å².